The van der Waals surface area contributed by atoms with Crippen LogP contribution >= 0.6 is 0 Å². The average molecular weight is 237 g/mol. The van der Waals surface area contributed by atoms with E-state index in [1.54, 1.807) is 7.11 Å². The van der Waals surface area contributed by atoms with Crippen LogP contribution in [-0.2, 0) is 14.8 Å². The molecule has 2 unspecified atom stereocenters. The van der Waals surface area contributed by atoms with Crippen LogP contribution in [0.25, 0.3) is 0 Å². The largest absolute Gasteiger partial charge is 0.396 e. The van der Waals surface area contributed by atoms with E-state index < -0.39 is 10.0 Å². The molecular weight excluding hydrogens is 218 g/mol. The Labute approximate surface area is 90.9 Å². The smallest absolute Gasteiger partial charge is 0.211 e. The molecule has 2 atom stereocenters. The SMILES string of the molecule is COC1CCC(NS(=O)(=O)CCCO)C1. The maximum Gasteiger partial charge on any atom is 0.211 e. The van der Waals surface area contributed by atoms with Crippen molar-refractivity contribution >= 4 is 10.0 Å². The Morgan fingerprint density at radius 3 is 2.73 bits per heavy atom. The van der Waals surface area contributed by atoms with Crippen LogP contribution in [0.15, 0.2) is 0 Å². The molecule has 1 saturated carbocycles. The lowest BCUT2D eigenvalue weighted by Crippen LogP contribution is -2.35. The minimum atomic E-state index is -3.22. The molecule has 1 aliphatic rings. The molecule has 1 aliphatic carbocycles. The Hall–Kier alpha value is -0.170. The maximum atomic E-state index is 11.5. The highest BCUT2D eigenvalue weighted by atomic mass is 32.2. The number of rotatable bonds is 6. The van der Waals surface area contributed by atoms with Gasteiger partial charge in [-0.1, -0.05) is 0 Å². The van der Waals surface area contributed by atoms with Crippen molar-refractivity contribution in [3.8, 4) is 0 Å². The van der Waals surface area contributed by atoms with Crippen LogP contribution in [0.1, 0.15) is 25.7 Å². The number of aliphatic hydroxyl groups excluding tert-OH is 1. The van der Waals surface area contributed by atoms with Crippen LogP contribution in [0, 0.1) is 0 Å². The van der Waals surface area contributed by atoms with Crippen molar-refractivity contribution in [2.75, 3.05) is 19.5 Å². The van der Waals surface area contributed by atoms with Crippen molar-refractivity contribution in [1.29, 1.82) is 0 Å². The van der Waals surface area contributed by atoms with E-state index in [0.29, 0.717) is 0 Å². The fourth-order valence-corrected chi connectivity index (χ4v) is 3.18. The van der Waals surface area contributed by atoms with Crippen molar-refractivity contribution in [1.82, 2.24) is 4.72 Å². The summed E-state index contributed by atoms with van der Waals surface area (Å²) in [6, 6.07) is -0.00126. The monoisotopic (exact) mass is 237 g/mol. The van der Waals surface area contributed by atoms with Crippen LogP contribution < -0.4 is 4.72 Å². The summed E-state index contributed by atoms with van der Waals surface area (Å²) < 4.78 is 30.8. The third-order valence-electron chi connectivity index (χ3n) is 2.64. The zero-order valence-corrected chi connectivity index (χ0v) is 9.79. The number of hydrogen-bond acceptors (Lipinski definition) is 4. The van der Waals surface area contributed by atoms with Gasteiger partial charge in [-0.3, -0.25) is 0 Å². The molecule has 2 N–H and O–H groups in total. The number of methoxy groups -OCH3 is 1. The fraction of sp³-hybridized carbons (Fsp3) is 1.00. The van der Waals surface area contributed by atoms with Gasteiger partial charge in [-0.25, -0.2) is 13.1 Å². The summed E-state index contributed by atoms with van der Waals surface area (Å²) in [6.07, 6.45) is 2.95. The van der Waals surface area contributed by atoms with E-state index in [-0.39, 0.29) is 30.9 Å². The molecule has 0 aromatic carbocycles. The Morgan fingerprint density at radius 2 is 2.20 bits per heavy atom. The summed E-state index contributed by atoms with van der Waals surface area (Å²) in [5, 5.41) is 8.56. The standard InChI is InChI=1S/C9H19NO4S/c1-14-9-4-3-8(7-9)10-15(12,13)6-2-5-11/h8-11H,2-7H2,1H3. The van der Waals surface area contributed by atoms with Gasteiger partial charge in [-0.05, 0) is 25.7 Å². The summed E-state index contributed by atoms with van der Waals surface area (Å²) >= 11 is 0. The summed E-state index contributed by atoms with van der Waals surface area (Å²) in [5.74, 6) is -0.00233. The highest BCUT2D eigenvalue weighted by molar-refractivity contribution is 7.89. The predicted octanol–water partition coefficient (Wildman–Crippen LogP) is -0.144. The topological polar surface area (TPSA) is 75.6 Å². The lowest BCUT2D eigenvalue weighted by Gasteiger charge is -2.12. The highest BCUT2D eigenvalue weighted by Crippen LogP contribution is 2.21. The number of sulfonamides is 1. The number of hydrogen-bond donors (Lipinski definition) is 2. The number of nitrogens with one attached hydrogen (secondary N) is 1. The molecule has 1 fully saturated rings. The molecule has 0 aliphatic heterocycles. The van der Waals surface area contributed by atoms with Gasteiger partial charge in [0.15, 0.2) is 0 Å². The molecule has 1 rings (SSSR count). The second kappa shape index (κ2) is 5.79. The molecule has 0 bridgehead atoms. The van der Waals surface area contributed by atoms with E-state index in [2.05, 4.69) is 4.72 Å². The highest BCUT2D eigenvalue weighted by Gasteiger charge is 2.27. The van der Waals surface area contributed by atoms with E-state index >= 15 is 0 Å². The zero-order valence-electron chi connectivity index (χ0n) is 8.98. The fourth-order valence-electron chi connectivity index (χ4n) is 1.83. The zero-order chi connectivity index (χ0) is 11.3. The van der Waals surface area contributed by atoms with Gasteiger partial charge in [0.1, 0.15) is 0 Å². The van der Waals surface area contributed by atoms with Crippen molar-refractivity contribution in [2.24, 2.45) is 0 Å². The summed E-state index contributed by atoms with van der Waals surface area (Å²) in [5.41, 5.74) is 0. The first-order valence-electron chi connectivity index (χ1n) is 5.21. The first-order valence-corrected chi connectivity index (χ1v) is 6.86. The van der Waals surface area contributed by atoms with E-state index in [0.717, 1.165) is 19.3 Å². The maximum absolute atomic E-state index is 11.5. The van der Waals surface area contributed by atoms with Gasteiger partial charge in [0, 0.05) is 19.8 Å². The van der Waals surface area contributed by atoms with Crippen molar-refractivity contribution in [3.05, 3.63) is 0 Å². The van der Waals surface area contributed by atoms with Crippen LogP contribution in [0.5, 0.6) is 0 Å². The van der Waals surface area contributed by atoms with Crippen molar-refractivity contribution < 1.29 is 18.3 Å². The van der Waals surface area contributed by atoms with E-state index in [1.165, 1.54) is 0 Å². The second-order valence-corrected chi connectivity index (χ2v) is 5.76. The van der Waals surface area contributed by atoms with Gasteiger partial charge in [0.05, 0.1) is 11.9 Å². The molecule has 0 amide bonds. The average Bonchev–Trinajstić information content (AvgIpc) is 2.62. The minimum absolute atomic E-state index is 0.00126. The van der Waals surface area contributed by atoms with E-state index in [9.17, 15) is 8.42 Å². The van der Waals surface area contributed by atoms with Crippen molar-refractivity contribution in [2.45, 2.75) is 37.8 Å². The van der Waals surface area contributed by atoms with E-state index in [4.69, 9.17) is 9.84 Å². The molecular formula is C9H19NO4S. The van der Waals surface area contributed by atoms with Gasteiger partial charge < -0.3 is 9.84 Å². The Bertz CT molecular complexity index is 278. The lowest BCUT2D eigenvalue weighted by atomic mass is 10.3. The molecule has 0 saturated heterocycles. The van der Waals surface area contributed by atoms with Gasteiger partial charge in [0.25, 0.3) is 0 Å². The molecule has 0 radical (unpaired) electrons. The molecule has 5 nitrogen and oxygen atoms in total. The quantitative estimate of drug-likeness (QED) is 0.674. The Balaban J connectivity index is 2.35. The molecule has 15 heavy (non-hydrogen) atoms. The summed E-state index contributed by atoms with van der Waals surface area (Å²) in [7, 11) is -1.58. The molecule has 90 valence electrons. The lowest BCUT2D eigenvalue weighted by molar-refractivity contribution is 0.107. The molecule has 0 aromatic heterocycles. The van der Waals surface area contributed by atoms with Crippen LogP contribution in [0.4, 0.5) is 0 Å². The number of ether oxygens (including phenoxy) is 1. The normalized spacial score (nSPS) is 27.1. The first-order chi connectivity index (χ1) is 7.07. The van der Waals surface area contributed by atoms with Gasteiger partial charge in [-0.15, -0.1) is 0 Å². The van der Waals surface area contributed by atoms with Crippen LogP contribution in [-0.4, -0.2) is 45.1 Å². The third-order valence-corrected chi connectivity index (χ3v) is 4.15. The third kappa shape index (κ3) is 4.46. The van der Waals surface area contributed by atoms with E-state index in [1.807, 2.05) is 0 Å². The van der Waals surface area contributed by atoms with Crippen LogP contribution in [0.2, 0.25) is 0 Å². The second-order valence-electron chi connectivity index (χ2n) is 3.88. The van der Waals surface area contributed by atoms with Gasteiger partial charge >= 0.3 is 0 Å². The molecule has 0 aromatic rings. The van der Waals surface area contributed by atoms with Crippen molar-refractivity contribution in [3.63, 3.8) is 0 Å². The minimum Gasteiger partial charge on any atom is -0.396 e. The number of aliphatic hydroxyl groups is 1. The first kappa shape index (κ1) is 12.9. The van der Waals surface area contributed by atoms with Gasteiger partial charge in [0.2, 0.25) is 10.0 Å². The Kier molecular flexibility index (Phi) is 4.98. The molecule has 6 heteroatoms. The summed E-state index contributed by atoms with van der Waals surface area (Å²) in [6.45, 7) is -0.0910. The summed E-state index contributed by atoms with van der Waals surface area (Å²) in [4.78, 5) is 0. The molecule has 0 spiro atoms. The Morgan fingerprint density at radius 1 is 1.47 bits per heavy atom. The molecule has 0 heterocycles. The van der Waals surface area contributed by atoms with Crippen LogP contribution in [0.3, 0.4) is 0 Å². The predicted molar refractivity (Wildman–Crippen MR) is 57.1 cm³/mol. The van der Waals surface area contributed by atoms with Gasteiger partial charge in [-0.2, -0.15) is 0 Å².